The van der Waals surface area contributed by atoms with Crippen LogP contribution in [0.2, 0.25) is 0 Å². The number of allylic oxidation sites excluding steroid dienone is 3. The molecular weight excluding hydrogens is 248 g/mol. The molecule has 2 heteroatoms. The molecule has 2 aromatic carbocycles. The van der Waals surface area contributed by atoms with E-state index in [0.717, 1.165) is 16.7 Å². The van der Waals surface area contributed by atoms with Gasteiger partial charge in [-0.3, -0.25) is 0 Å². The van der Waals surface area contributed by atoms with Gasteiger partial charge >= 0.3 is 5.97 Å². The van der Waals surface area contributed by atoms with E-state index in [4.69, 9.17) is 4.74 Å². The van der Waals surface area contributed by atoms with Crippen LogP contribution < -0.4 is 0 Å². The standard InChI is InChI=1S/C18H14O2/c1-13(14-7-3-2-4-8-14)11-12-17-15-9-5-6-10-16(15)18(19)20-17/h2-12H,1H3. The zero-order chi connectivity index (χ0) is 13.9. The number of carbonyl (C=O) groups is 1. The Hall–Kier alpha value is -2.61. The maximum Gasteiger partial charge on any atom is 0.344 e. The number of rotatable bonds is 2. The van der Waals surface area contributed by atoms with Crippen molar-refractivity contribution in [3.05, 3.63) is 83.4 Å². The zero-order valence-corrected chi connectivity index (χ0v) is 11.2. The second kappa shape index (κ2) is 5.17. The van der Waals surface area contributed by atoms with Gasteiger partial charge in [0, 0.05) is 5.56 Å². The van der Waals surface area contributed by atoms with Crippen LogP contribution in [0, 0.1) is 0 Å². The second-order valence-corrected chi connectivity index (χ2v) is 4.68. The molecule has 0 unspecified atom stereocenters. The van der Waals surface area contributed by atoms with Crippen LogP contribution in [0.3, 0.4) is 0 Å². The quantitative estimate of drug-likeness (QED) is 0.754. The molecule has 0 bridgehead atoms. The van der Waals surface area contributed by atoms with E-state index >= 15 is 0 Å². The minimum Gasteiger partial charge on any atom is -0.422 e. The molecule has 3 rings (SSSR count). The Morgan fingerprint density at radius 3 is 2.35 bits per heavy atom. The van der Waals surface area contributed by atoms with Crippen LogP contribution in [0.15, 0.2) is 66.7 Å². The first-order valence-electron chi connectivity index (χ1n) is 6.51. The molecule has 0 aromatic heterocycles. The highest BCUT2D eigenvalue weighted by molar-refractivity contribution is 6.03. The highest BCUT2D eigenvalue weighted by atomic mass is 16.5. The van der Waals surface area contributed by atoms with E-state index in [1.54, 1.807) is 6.07 Å². The molecular formula is C18H14O2. The largest absolute Gasteiger partial charge is 0.422 e. The molecule has 1 aliphatic heterocycles. The first-order chi connectivity index (χ1) is 9.75. The van der Waals surface area contributed by atoms with E-state index < -0.39 is 0 Å². The predicted octanol–water partition coefficient (Wildman–Crippen LogP) is 4.30. The molecule has 98 valence electrons. The van der Waals surface area contributed by atoms with Crippen LogP contribution in [0.4, 0.5) is 0 Å². The first kappa shape index (κ1) is 12.4. The van der Waals surface area contributed by atoms with Crippen LogP contribution in [0.25, 0.3) is 11.3 Å². The predicted molar refractivity (Wildman–Crippen MR) is 79.9 cm³/mol. The van der Waals surface area contributed by atoms with Gasteiger partial charge in [0.2, 0.25) is 0 Å². The third-order valence-electron chi connectivity index (χ3n) is 3.33. The fourth-order valence-electron chi connectivity index (χ4n) is 2.21. The summed E-state index contributed by atoms with van der Waals surface area (Å²) in [5, 5.41) is 0. The number of ether oxygens (including phenoxy) is 1. The van der Waals surface area contributed by atoms with Crippen LogP contribution in [0.1, 0.15) is 28.4 Å². The lowest BCUT2D eigenvalue weighted by Gasteiger charge is -2.00. The van der Waals surface area contributed by atoms with Crippen molar-refractivity contribution in [2.75, 3.05) is 0 Å². The van der Waals surface area contributed by atoms with Gasteiger partial charge in [0.25, 0.3) is 0 Å². The number of benzene rings is 2. The fraction of sp³-hybridized carbons (Fsp3) is 0.0556. The third-order valence-corrected chi connectivity index (χ3v) is 3.33. The van der Waals surface area contributed by atoms with E-state index in [9.17, 15) is 4.79 Å². The molecule has 2 nitrogen and oxygen atoms in total. The molecule has 0 fully saturated rings. The average Bonchev–Trinajstić information content (AvgIpc) is 2.83. The normalized spacial score (nSPS) is 16.1. The molecule has 0 saturated carbocycles. The first-order valence-corrected chi connectivity index (χ1v) is 6.51. The molecule has 1 heterocycles. The summed E-state index contributed by atoms with van der Waals surface area (Å²) >= 11 is 0. The smallest absolute Gasteiger partial charge is 0.344 e. The lowest BCUT2D eigenvalue weighted by Crippen LogP contribution is -1.92. The highest BCUT2D eigenvalue weighted by Crippen LogP contribution is 2.29. The Morgan fingerprint density at radius 2 is 1.60 bits per heavy atom. The van der Waals surface area contributed by atoms with Crippen molar-refractivity contribution >= 4 is 17.3 Å². The highest BCUT2D eigenvalue weighted by Gasteiger charge is 2.24. The summed E-state index contributed by atoms with van der Waals surface area (Å²) < 4.78 is 5.30. The summed E-state index contributed by atoms with van der Waals surface area (Å²) in [4.78, 5) is 11.7. The number of carbonyl (C=O) groups excluding carboxylic acids is 1. The lowest BCUT2D eigenvalue weighted by molar-refractivity contribution is 0.0716. The van der Waals surface area contributed by atoms with Crippen molar-refractivity contribution in [3.8, 4) is 0 Å². The lowest BCUT2D eigenvalue weighted by atomic mass is 10.1. The summed E-state index contributed by atoms with van der Waals surface area (Å²) in [6.07, 6.45) is 3.83. The van der Waals surface area contributed by atoms with Crippen molar-refractivity contribution in [2.45, 2.75) is 6.92 Å². The SMILES string of the molecule is CC(=CC=C1OC(=O)c2ccccc21)c1ccccc1. The third kappa shape index (κ3) is 2.28. The van der Waals surface area contributed by atoms with Gasteiger partial charge in [0.05, 0.1) is 5.56 Å². The van der Waals surface area contributed by atoms with Crippen molar-refractivity contribution in [1.82, 2.24) is 0 Å². The monoisotopic (exact) mass is 262 g/mol. The summed E-state index contributed by atoms with van der Waals surface area (Å²) in [7, 11) is 0. The van der Waals surface area contributed by atoms with Crippen molar-refractivity contribution < 1.29 is 9.53 Å². The van der Waals surface area contributed by atoms with Gasteiger partial charge in [-0.15, -0.1) is 0 Å². The van der Waals surface area contributed by atoms with Gasteiger partial charge in [-0.2, -0.15) is 0 Å². The fourth-order valence-corrected chi connectivity index (χ4v) is 2.21. The van der Waals surface area contributed by atoms with Gasteiger partial charge in [-0.05, 0) is 30.2 Å². The summed E-state index contributed by atoms with van der Waals surface area (Å²) in [6.45, 7) is 2.04. The molecule has 0 atom stereocenters. The average molecular weight is 262 g/mol. The molecule has 0 spiro atoms. The van der Waals surface area contributed by atoms with Crippen LogP contribution in [-0.4, -0.2) is 5.97 Å². The van der Waals surface area contributed by atoms with Crippen LogP contribution >= 0.6 is 0 Å². The van der Waals surface area contributed by atoms with E-state index in [2.05, 4.69) is 12.1 Å². The number of hydrogen-bond acceptors (Lipinski definition) is 2. The van der Waals surface area contributed by atoms with Crippen molar-refractivity contribution in [1.29, 1.82) is 0 Å². The molecule has 0 aliphatic carbocycles. The zero-order valence-electron chi connectivity index (χ0n) is 11.2. The molecule has 0 radical (unpaired) electrons. The maximum absolute atomic E-state index is 11.7. The molecule has 0 N–H and O–H groups in total. The van der Waals surface area contributed by atoms with E-state index in [0.29, 0.717) is 11.3 Å². The van der Waals surface area contributed by atoms with E-state index in [1.807, 2.05) is 55.5 Å². The Labute approximate surface area is 118 Å². The Kier molecular flexibility index (Phi) is 3.21. The number of fused-ring (bicyclic) bond motifs is 1. The van der Waals surface area contributed by atoms with Gasteiger partial charge in [-0.1, -0.05) is 54.6 Å². The van der Waals surface area contributed by atoms with E-state index in [1.165, 1.54) is 0 Å². The second-order valence-electron chi connectivity index (χ2n) is 4.68. The Balaban J connectivity index is 1.93. The molecule has 2 aromatic rings. The van der Waals surface area contributed by atoms with Gasteiger partial charge in [0.15, 0.2) is 0 Å². The number of cyclic esters (lactones) is 1. The number of esters is 1. The number of hydrogen-bond donors (Lipinski definition) is 0. The van der Waals surface area contributed by atoms with Crippen molar-refractivity contribution in [2.24, 2.45) is 0 Å². The Bertz CT molecular complexity index is 709. The van der Waals surface area contributed by atoms with Gasteiger partial charge in [-0.25, -0.2) is 4.79 Å². The van der Waals surface area contributed by atoms with Crippen LogP contribution in [-0.2, 0) is 4.74 Å². The van der Waals surface area contributed by atoms with Crippen LogP contribution in [0.5, 0.6) is 0 Å². The minimum atomic E-state index is -0.280. The summed E-state index contributed by atoms with van der Waals surface area (Å²) in [5.41, 5.74) is 3.76. The Morgan fingerprint density at radius 1 is 0.950 bits per heavy atom. The molecule has 0 saturated heterocycles. The topological polar surface area (TPSA) is 26.3 Å². The molecule has 20 heavy (non-hydrogen) atoms. The summed E-state index contributed by atoms with van der Waals surface area (Å²) in [6, 6.07) is 17.5. The molecule has 1 aliphatic rings. The summed E-state index contributed by atoms with van der Waals surface area (Å²) in [5.74, 6) is 0.332. The maximum atomic E-state index is 11.7. The van der Waals surface area contributed by atoms with E-state index in [-0.39, 0.29) is 5.97 Å². The molecule has 0 amide bonds. The van der Waals surface area contributed by atoms with Gasteiger partial charge in [0.1, 0.15) is 5.76 Å². The van der Waals surface area contributed by atoms with Crippen molar-refractivity contribution in [3.63, 3.8) is 0 Å². The van der Waals surface area contributed by atoms with Gasteiger partial charge < -0.3 is 4.74 Å². The minimum absolute atomic E-state index is 0.280.